The van der Waals surface area contributed by atoms with E-state index in [2.05, 4.69) is 4.74 Å². The molecule has 0 unspecified atom stereocenters. The number of ether oxygens (including phenoxy) is 5. The molecule has 0 fully saturated rings. The van der Waals surface area contributed by atoms with Crippen molar-refractivity contribution >= 4 is 110 Å². The van der Waals surface area contributed by atoms with Crippen LogP contribution in [0.4, 0.5) is 31.5 Å². The maximum Gasteiger partial charge on any atom is 0.341 e. The summed E-state index contributed by atoms with van der Waals surface area (Å²) < 4.78 is 164. The minimum atomic E-state index is -4.00. The number of carboxylic acids is 1. The molecule has 121 heavy (non-hydrogen) atoms. The van der Waals surface area contributed by atoms with E-state index in [9.17, 15) is 71.8 Å². The molecule has 10 aromatic carbocycles. The molecule has 0 amide bonds. The maximum atomic E-state index is 13.7. The van der Waals surface area contributed by atoms with Crippen molar-refractivity contribution in [1.82, 2.24) is 0 Å². The Bertz CT molecular complexity index is 5620. The molecule has 0 aliphatic carbocycles. The third-order valence-electron chi connectivity index (χ3n) is 17.9. The Morgan fingerprint density at radius 1 is 0.355 bits per heavy atom. The summed E-state index contributed by atoms with van der Waals surface area (Å²) in [6, 6.07) is 48.5. The first-order chi connectivity index (χ1) is 56.2. The topological polar surface area (TPSA) is 304 Å². The maximum absolute atomic E-state index is 13.7. The average Bonchev–Trinajstić information content (AvgIpc) is 0.794. The number of aryl methyl sites for hydroxylation is 6. The molecule has 0 aliphatic heterocycles. The number of hydrogen-bond donors (Lipinski definition) is 2. The number of anilines is 4. The van der Waals surface area contributed by atoms with Gasteiger partial charge in [0.15, 0.2) is 0 Å². The smallest absolute Gasteiger partial charge is 0.341 e. The molecule has 0 heterocycles. The van der Waals surface area contributed by atoms with Crippen molar-refractivity contribution in [2.24, 2.45) is 23.7 Å². The second-order valence-corrected chi connectivity index (χ2v) is 37.8. The number of halogens is 4. The Morgan fingerprint density at radius 2 is 0.620 bits per heavy atom. The summed E-state index contributed by atoms with van der Waals surface area (Å²) in [5.41, 5.74) is 6.72. The van der Waals surface area contributed by atoms with Crippen LogP contribution in [0.15, 0.2) is 220 Å². The first-order valence-electron chi connectivity index (χ1n) is 37.6. The van der Waals surface area contributed by atoms with Crippen molar-refractivity contribution in [1.29, 1.82) is 0 Å². The number of benzene rings is 10. The molecule has 0 saturated carbocycles. The van der Waals surface area contributed by atoms with Crippen molar-refractivity contribution in [3.8, 4) is 28.7 Å². The van der Waals surface area contributed by atoms with E-state index in [0.717, 1.165) is 57.9 Å². The van der Waals surface area contributed by atoms with Crippen LogP contribution < -0.4 is 26.7 Å². The number of carbonyl (C=O) groups is 4. The van der Waals surface area contributed by atoms with Crippen LogP contribution >= 0.6 is 23.2 Å². The molecule has 23 nitrogen and oxygen atoms in total. The molecule has 0 atom stereocenters. The number of nitrogens with zero attached hydrogens (tertiary/aromatic N) is 4. The zero-order valence-corrected chi connectivity index (χ0v) is 77.7. The van der Waals surface area contributed by atoms with Crippen LogP contribution in [-0.4, -0.2) is 115 Å². The molecule has 0 spiro atoms. The van der Waals surface area contributed by atoms with Gasteiger partial charge in [-0.2, -0.15) is 0 Å². The third kappa shape index (κ3) is 26.3. The number of sulfonamides is 4. The number of phenols is 1. The summed E-state index contributed by atoms with van der Waals surface area (Å²) in [5.74, 6) is -2.03. The number of aromatic carboxylic acids is 1. The largest absolute Gasteiger partial charge is 0.507 e. The van der Waals surface area contributed by atoms with Gasteiger partial charge in [0.05, 0.1) is 80.4 Å². The fourth-order valence-corrected chi connectivity index (χ4v) is 18.6. The second kappa shape index (κ2) is 43.7. The number of rotatable bonds is 28. The van der Waals surface area contributed by atoms with Crippen LogP contribution in [0, 0.1) is 76.8 Å². The summed E-state index contributed by atoms with van der Waals surface area (Å²) in [7, 11) is -12.0. The molecule has 0 aliphatic rings. The molecule has 10 rings (SSSR count). The third-order valence-corrected chi connectivity index (χ3v) is 26.3. The molecule has 643 valence electrons. The summed E-state index contributed by atoms with van der Waals surface area (Å²) in [6.45, 7) is 27.0. The van der Waals surface area contributed by atoms with Crippen LogP contribution in [0.25, 0.3) is 0 Å². The normalized spacial score (nSPS) is 11.3. The fourth-order valence-electron chi connectivity index (χ4n) is 11.9. The van der Waals surface area contributed by atoms with Crippen LogP contribution in [0.1, 0.15) is 130 Å². The number of carbonyl (C=O) groups excluding carboxylic acids is 3. The Hall–Kier alpha value is -9.98. The van der Waals surface area contributed by atoms with Crippen LogP contribution in [0.5, 0.6) is 28.7 Å². The predicted octanol–water partition coefficient (Wildman–Crippen LogP) is 19.9. The zero-order valence-electron chi connectivity index (χ0n) is 70.0. The molecule has 2 N–H and O–H groups in total. The SMILES string of the molecule is COC(=O)c1cc(N(CC(C)C)S(=O)(=O)c2ccc(F)cc2)ccc1C.COC(=O)c1cc(N(CC(C)C)S(=O)(=O)c2ccc(F)cc2)ccc1O.COC(=O)c1cc(N(CC(C)C)S(=O)(=O)c2ccc(Oc3cc(C)c(Cl)c(C)c3)cc2)ccc1C.Cc1cc(Oc2ccc(S(=O)(=O)N(CC(C)C)c3cccc(C(=O)O)c3)cc2)cc(C)c1Cl.[Y]. The van der Waals surface area contributed by atoms with Gasteiger partial charge in [-0.1, -0.05) is 96.8 Å². The number of carboxylic acid groups (broad SMARTS) is 1. The predicted molar refractivity (Wildman–Crippen MR) is 463 cm³/mol. The number of methoxy groups -OCH3 is 3. The molecule has 10 aromatic rings. The van der Waals surface area contributed by atoms with Crippen molar-refractivity contribution < 1.29 is 128 Å². The molecule has 0 saturated heterocycles. The number of esters is 3. The van der Waals surface area contributed by atoms with Gasteiger partial charge in [0.1, 0.15) is 45.9 Å². The first-order valence-corrected chi connectivity index (χ1v) is 44.1. The van der Waals surface area contributed by atoms with Gasteiger partial charge in [-0.15, -0.1) is 0 Å². The van der Waals surface area contributed by atoms with E-state index in [1.807, 2.05) is 107 Å². The van der Waals surface area contributed by atoms with E-state index in [1.54, 1.807) is 74.5 Å². The van der Waals surface area contributed by atoms with Crippen molar-refractivity contribution in [3.63, 3.8) is 0 Å². The van der Waals surface area contributed by atoms with E-state index in [0.29, 0.717) is 72.4 Å². The summed E-state index contributed by atoms with van der Waals surface area (Å²) >= 11 is 12.4. The molecule has 32 heteroatoms. The summed E-state index contributed by atoms with van der Waals surface area (Å²) in [5, 5.41) is 20.5. The van der Waals surface area contributed by atoms with E-state index in [4.69, 9.17) is 42.1 Å². The van der Waals surface area contributed by atoms with E-state index >= 15 is 0 Å². The van der Waals surface area contributed by atoms with E-state index in [1.165, 1.54) is 118 Å². The minimum Gasteiger partial charge on any atom is -0.507 e. The fraction of sp³-hybridized carbons (Fsp3) is 0.281. The molecular weight excluding hydrogens is 1760 g/mol. The average molecular weight is 1850 g/mol. The number of hydrogen-bond acceptors (Lipinski definition) is 18. The van der Waals surface area contributed by atoms with Gasteiger partial charge in [-0.25, -0.2) is 61.6 Å². The Balaban J connectivity index is 0.000000251. The summed E-state index contributed by atoms with van der Waals surface area (Å²) in [4.78, 5) is 47.4. The minimum absolute atomic E-state index is 0. The standard InChI is InChI=1S/C27H30ClNO5S.C25H26ClNO5S.C19H22FNO4S.C18H20FNO5S.Y/c1-17(2)16-29(21-8-7-18(3)25(15-21)27(30)33-6)35(31,32)24-11-9-22(10-12-24)34-23-13-19(4)26(28)20(5)14-23;1-16(2)15-27(20-7-5-6-19(14-20)25(28)29)33(30,31)23-10-8-21(9-11-23)32-22-12-17(3)24(26)18(4)13-22;1-13(2)12-21(26(23,24)17-9-6-15(20)7-10-17)16-8-5-14(3)18(11-16)19(22)25-4;1-12(2)11-20(26(23,24)15-7-4-13(19)5-8-15)14-6-9-17(21)16(10-14)18(22)25-3;/h7-15,17H,16H2,1-6H3;5-14,16H,15H2,1-4H3,(H,28,29);5-11,13H,12H2,1-4H3;4-10,12,21H,11H2,1-3H3;. The van der Waals surface area contributed by atoms with Crippen molar-refractivity contribution in [3.05, 3.63) is 278 Å². The second-order valence-electron chi connectivity index (χ2n) is 29.5. The number of aromatic hydroxyl groups is 1. The van der Waals surface area contributed by atoms with Gasteiger partial charge in [0.2, 0.25) is 0 Å². The Kier molecular flexibility index (Phi) is 36.0. The first kappa shape index (κ1) is 99.8. The molecule has 0 aromatic heterocycles. The van der Waals surface area contributed by atoms with Gasteiger partial charge in [0, 0.05) is 68.9 Å². The Morgan fingerprint density at radius 3 is 0.901 bits per heavy atom. The monoisotopic (exact) mass is 1850 g/mol. The Labute approximate surface area is 743 Å². The molecule has 1 radical (unpaired) electrons. The van der Waals surface area contributed by atoms with Gasteiger partial charge < -0.3 is 33.9 Å². The van der Waals surface area contributed by atoms with Crippen LogP contribution in [0.3, 0.4) is 0 Å². The molecule has 0 bridgehead atoms. The van der Waals surface area contributed by atoms with Gasteiger partial charge in [-0.05, 0) is 281 Å². The zero-order chi connectivity index (χ0) is 89.2. The van der Waals surface area contributed by atoms with Gasteiger partial charge in [-0.3, -0.25) is 17.2 Å². The van der Waals surface area contributed by atoms with E-state index < -0.39 is 75.6 Å². The van der Waals surface area contributed by atoms with Crippen LogP contribution in [0.2, 0.25) is 10.0 Å². The van der Waals surface area contributed by atoms with Gasteiger partial charge >= 0.3 is 23.9 Å². The quantitative estimate of drug-likeness (QED) is 0.0340. The van der Waals surface area contributed by atoms with Crippen LogP contribution in [-0.2, 0) is 87.0 Å². The van der Waals surface area contributed by atoms with Crippen molar-refractivity contribution in [2.75, 3.05) is 64.7 Å². The van der Waals surface area contributed by atoms with Gasteiger partial charge in [0.25, 0.3) is 40.1 Å². The molecular formula is C89H98Cl2F2N4O19S4Y. The summed E-state index contributed by atoms with van der Waals surface area (Å²) in [6.07, 6.45) is 0. The number of phenolic OH excluding ortho intramolecular Hbond substituents is 1. The van der Waals surface area contributed by atoms with E-state index in [-0.39, 0.29) is 125 Å². The van der Waals surface area contributed by atoms with Crippen molar-refractivity contribution in [2.45, 2.75) is 117 Å².